The van der Waals surface area contributed by atoms with Crippen LogP contribution in [0, 0.1) is 6.92 Å². The smallest absolute Gasteiger partial charge is 0.205 e. The molecule has 1 saturated heterocycles. The number of rotatable bonds is 5. The second-order valence-corrected chi connectivity index (χ2v) is 8.54. The van der Waals surface area contributed by atoms with E-state index in [4.69, 9.17) is 4.98 Å². The van der Waals surface area contributed by atoms with Crippen molar-refractivity contribution in [2.24, 2.45) is 0 Å². The topological polar surface area (TPSA) is 97.5 Å². The fourth-order valence-electron chi connectivity index (χ4n) is 4.43. The Bertz CT molecular complexity index is 1430. The third-order valence-electron chi connectivity index (χ3n) is 6.18. The van der Waals surface area contributed by atoms with Crippen molar-refractivity contribution in [1.82, 2.24) is 30.5 Å². The fourth-order valence-corrected chi connectivity index (χ4v) is 4.43. The second-order valence-electron chi connectivity index (χ2n) is 8.54. The number of nitrogens with one attached hydrogen (secondary N) is 4. The summed E-state index contributed by atoms with van der Waals surface area (Å²) in [6.45, 7) is 6.12. The maximum absolute atomic E-state index is 4.78. The van der Waals surface area contributed by atoms with Gasteiger partial charge in [0.25, 0.3) is 0 Å². The summed E-state index contributed by atoms with van der Waals surface area (Å²) in [4.78, 5) is 15.2. The van der Waals surface area contributed by atoms with Crippen LogP contribution in [0.2, 0.25) is 0 Å². The average Bonchev–Trinajstić information content (AvgIpc) is 3.51. The molecule has 0 saturated carbocycles. The molecule has 4 N–H and O–H groups in total. The van der Waals surface area contributed by atoms with Crippen LogP contribution >= 0.6 is 0 Å². The van der Waals surface area contributed by atoms with E-state index in [0.29, 0.717) is 0 Å². The lowest BCUT2D eigenvalue weighted by atomic mass is 10.0. The monoisotopic (exact) mass is 450 g/mol. The Balaban J connectivity index is 1.24. The van der Waals surface area contributed by atoms with E-state index >= 15 is 0 Å². The molecule has 1 aliphatic heterocycles. The number of piperazine rings is 1. The molecule has 170 valence electrons. The molecule has 1 fully saturated rings. The lowest BCUT2D eigenvalue weighted by Crippen LogP contribution is -2.43. The zero-order chi connectivity index (χ0) is 22.9. The minimum absolute atomic E-state index is 0.717. The van der Waals surface area contributed by atoms with E-state index in [1.165, 1.54) is 5.69 Å². The number of fused-ring (bicyclic) bond motifs is 1. The zero-order valence-corrected chi connectivity index (χ0v) is 19.0. The molecule has 0 atom stereocenters. The Morgan fingerprint density at radius 2 is 1.79 bits per heavy atom. The van der Waals surface area contributed by atoms with Crippen molar-refractivity contribution in [3.8, 4) is 22.5 Å². The van der Waals surface area contributed by atoms with Gasteiger partial charge < -0.3 is 20.5 Å². The number of pyridine rings is 1. The normalized spacial score (nSPS) is 14.0. The van der Waals surface area contributed by atoms with E-state index < -0.39 is 0 Å². The summed E-state index contributed by atoms with van der Waals surface area (Å²) >= 11 is 0. The van der Waals surface area contributed by atoms with Gasteiger partial charge in [-0.1, -0.05) is 12.1 Å². The molecule has 6 rings (SSSR count). The van der Waals surface area contributed by atoms with Crippen molar-refractivity contribution in [1.29, 1.82) is 0 Å². The number of anilines is 3. The summed E-state index contributed by atoms with van der Waals surface area (Å²) in [5, 5.41) is 14.2. The van der Waals surface area contributed by atoms with Gasteiger partial charge in [-0.3, -0.25) is 10.1 Å². The molecule has 34 heavy (non-hydrogen) atoms. The molecule has 0 unspecified atom stereocenters. The molecule has 8 heteroatoms. The largest absolute Gasteiger partial charge is 0.369 e. The molecule has 0 aliphatic carbocycles. The van der Waals surface area contributed by atoms with E-state index in [-0.39, 0.29) is 0 Å². The standard InChI is InChI=1S/C26H26N8/c1-17-3-2-4-23(29-17)25-21(16-28-33-25)18-5-10-22-24(15-18)32-26(31-22)30-19-6-8-20(9-7-19)34-13-11-27-12-14-34/h2-10,15-16,27H,11-14H2,1H3,(H,28,33)(H2,30,31,32). The number of aryl methyl sites for hydroxylation is 1. The summed E-state index contributed by atoms with van der Waals surface area (Å²) in [6.07, 6.45) is 1.91. The van der Waals surface area contributed by atoms with Gasteiger partial charge in [0.1, 0.15) is 5.69 Å². The first kappa shape index (κ1) is 20.4. The van der Waals surface area contributed by atoms with Crippen LogP contribution in [0.15, 0.2) is 66.9 Å². The van der Waals surface area contributed by atoms with E-state index in [9.17, 15) is 0 Å². The van der Waals surface area contributed by atoms with Gasteiger partial charge >= 0.3 is 0 Å². The molecular weight excluding hydrogens is 424 g/mol. The van der Waals surface area contributed by atoms with Gasteiger partial charge in [-0.2, -0.15) is 5.10 Å². The third kappa shape index (κ3) is 3.99. The highest BCUT2D eigenvalue weighted by molar-refractivity contribution is 5.87. The summed E-state index contributed by atoms with van der Waals surface area (Å²) in [7, 11) is 0. The number of nitrogens with zero attached hydrogens (tertiary/aromatic N) is 4. The number of hydrogen-bond donors (Lipinski definition) is 4. The molecule has 0 amide bonds. The number of benzene rings is 2. The van der Waals surface area contributed by atoms with Gasteiger partial charge in [0, 0.05) is 55.0 Å². The maximum Gasteiger partial charge on any atom is 0.205 e. The summed E-state index contributed by atoms with van der Waals surface area (Å²) in [5.41, 5.74) is 8.81. The Kier molecular flexibility index (Phi) is 5.20. The van der Waals surface area contributed by atoms with Crippen LogP contribution in [-0.4, -0.2) is 51.3 Å². The highest BCUT2D eigenvalue weighted by Crippen LogP contribution is 2.31. The van der Waals surface area contributed by atoms with Crippen LogP contribution in [-0.2, 0) is 0 Å². The minimum Gasteiger partial charge on any atom is -0.369 e. The molecule has 2 aromatic carbocycles. The zero-order valence-electron chi connectivity index (χ0n) is 19.0. The Hall–Kier alpha value is -4.17. The van der Waals surface area contributed by atoms with Crippen molar-refractivity contribution in [2.75, 3.05) is 36.4 Å². The SMILES string of the molecule is Cc1cccc(-c2n[nH]cc2-c2ccc3[nH]c(Nc4ccc(N5CCNCC5)cc4)nc3c2)n1. The first-order valence-corrected chi connectivity index (χ1v) is 11.5. The van der Waals surface area contributed by atoms with Gasteiger partial charge in [0.05, 0.1) is 16.7 Å². The molecule has 4 heterocycles. The number of aromatic amines is 2. The van der Waals surface area contributed by atoms with E-state index in [1.807, 2.05) is 31.3 Å². The van der Waals surface area contributed by atoms with E-state index in [1.54, 1.807) is 0 Å². The van der Waals surface area contributed by atoms with Crippen molar-refractivity contribution >= 4 is 28.4 Å². The Morgan fingerprint density at radius 1 is 0.941 bits per heavy atom. The van der Waals surface area contributed by atoms with Crippen molar-refractivity contribution in [2.45, 2.75) is 6.92 Å². The quantitative estimate of drug-likeness (QED) is 0.315. The predicted octanol–water partition coefficient (Wildman–Crippen LogP) is 4.48. The van der Waals surface area contributed by atoms with Gasteiger partial charge in [0.15, 0.2) is 0 Å². The second kappa shape index (κ2) is 8.64. The van der Waals surface area contributed by atoms with Crippen molar-refractivity contribution in [3.05, 3.63) is 72.6 Å². The Labute approximate surface area is 197 Å². The molecule has 3 aromatic heterocycles. The number of imidazole rings is 1. The maximum atomic E-state index is 4.78. The van der Waals surface area contributed by atoms with E-state index in [2.05, 4.69) is 78.2 Å². The highest BCUT2D eigenvalue weighted by atomic mass is 15.2. The van der Waals surface area contributed by atoms with Crippen LogP contribution < -0.4 is 15.5 Å². The highest BCUT2D eigenvalue weighted by Gasteiger charge is 2.14. The van der Waals surface area contributed by atoms with E-state index in [0.717, 1.165) is 77.1 Å². The third-order valence-corrected chi connectivity index (χ3v) is 6.18. The number of aromatic nitrogens is 5. The van der Waals surface area contributed by atoms with Crippen LogP contribution in [0.4, 0.5) is 17.3 Å². The summed E-state index contributed by atoms with van der Waals surface area (Å²) in [6, 6.07) is 20.7. The minimum atomic E-state index is 0.717. The summed E-state index contributed by atoms with van der Waals surface area (Å²) < 4.78 is 0. The lowest BCUT2D eigenvalue weighted by Gasteiger charge is -2.29. The first-order chi connectivity index (χ1) is 16.7. The van der Waals surface area contributed by atoms with Gasteiger partial charge in [-0.25, -0.2) is 4.98 Å². The van der Waals surface area contributed by atoms with Gasteiger partial charge in [-0.15, -0.1) is 0 Å². The number of H-pyrrole nitrogens is 2. The number of hydrogen-bond acceptors (Lipinski definition) is 6. The van der Waals surface area contributed by atoms with Gasteiger partial charge in [0.2, 0.25) is 5.95 Å². The molecule has 5 aromatic rings. The van der Waals surface area contributed by atoms with Crippen molar-refractivity contribution < 1.29 is 0 Å². The Morgan fingerprint density at radius 3 is 2.62 bits per heavy atom. The predicted molar refractivity (Wildman–Crippen MR) is 136 cm³/mol. The van der Waals surface area contributed by atoms with Crippen LogP contribution in [0.3, 0.4) is 0 Å². The van der Waals surface area contributed by atoms with Crippen LogP contribution in [0.25, 0.3) is 33.5 Å². The average molecular weight is 451 g/mol. The fraction of sp³-hybridized carbons (Fsp3) is 0.192. The van der Waals surface area contributed by atoms with Gasteiger partial charge in [-0.05, 0) is 61.0 Å². The lowest BCUT2D eigenvalue weighted by molar-refractivity contribution is 0.589. The molecule has 0 spiro atoms. The van der Waals surface area contributed by atoms with Crippen LogP contribution in [0.1, 0.15) is 5.69 Å². The molecular formula is C26H26N8. The van der Waals surface area contributed by atoms with Crippen LogP contribution in [0.5, 0.6) is 0 Å². The molecule has 1 aliphatic rings. The molecule has 0 radical (unpaired) electrons. The summed E-state index contributed by atoms with van der Waals surface area (Å²) in [5.74, 6) is 0.717. The van der Waals surface area contributed by atoms with Crippen molar-refractivity contribution in [3.63, 3.8) is 0 Å². The molecule has 0 bridgehead atoms. The first-order valence-electron chi connectivity index (χ1n) is 11.5. The molecule has 8 nitrogen and oxygen atoms in total.